The van der Waals surface area contributed by atoms with E-state index >= 15 is 0 Å². The van der Waals surface area contributed by atoms with Crippen molar-refractivity contribution in [2.45, 2.75) is 70.3 Å². The van der Waals surface area contributed by atoms with E-state index in [-0.39, 0.29) is 11.4 Å². The van der Waals surface area contributed by atoms with Crippen LogP contribution in [-0.4, -0.2) is 55.0 Å². The standard InChI is InChI=1S/C17H35N3O/c1-4-13-20(14-9-10-16(21)19(2)3)17(15-18)11-7-5-6-8-12-17/h4-15,18H2,1-3H3. The molecule has 0 aliphatic heterocycles. The summed E-state index contributed by atoms with van der Waals surface area (Å²) in [4.78, 5) is 16.0. The highest BCUT2D eigenvalue weighted by Crippen LogP contribution is 2.32. The molecule has 1 aliphatic carbocycles. The molecular formula is C17H35N3O. The van der Waals surface area contributed by atoms with Crippen molar-refractivity contribution < 1.29 is 4.79 Å². The number of carbonyl (C=O) groups is 1. The molecule has 1 amide bonds. The van der Waals surface area contributed by atoms with Crippen LogP contribution in [-0.2, 0) is 4.79 Å². The molecule has 0 bridgehead atoms. The minimum absolute atomic E-state index is 0.188. The topological polar surface area (TPSA) is 49.6 Å². The van der Waals surface area contributed by atoms with Gasteiger partial charge in [0.15, 0.2) is 0 Å². The minimum Gasteiger partial charge on any atom is -0.349 e. The molecule has 1 rings (SSSR count). The van der Waals surface area contributed by atoms with Crippen LogP contribution < -0.4 is 5.73 Å². The van der Waals surface area contributed by atoms with Crippen molar-refractivity contribution in [1.82, 2.24) is 9.80 Å². The number of hydrogen-bond donors (Lipinski definition) is 1. The van der Waals surface area contributed by atoms with E-state index in [1.165, 1.54) is 38.5 Å². The molecule has 4 nitrogen and oxygen atoms in total. The lowest BCUT2D eigenvalue weighted by Gasteiger charge is -2.43. The lowest BCUT2D eigenvalue weighted by molar-refractivity contribution is -0.128. The molecule has 1 saturated carbocycles. The molecule has 1 aliphatic rings. The maximum absolute atomic E-state index is 11.7. The van der Waals surface area contributed by atoms with E-state index in [9.17, 15) is 4.79 Å². The SMILES string of the molecule is CCCN(CCCC(=O)N(C)C)C1(CN)CCCCCC1. The first-order valence-corrected chi connectivity index (χ1v) is 8.71. The smallest absolute Gasteiger partial charge is 0.222 e. The van der Waals surface area contributed by atoms with E-state index in [0.29, 0.717) is 6.42 Å². The fourth-order valence-electron chi connectivity index (χ4n) is 3.54. The fourth-order valence-corrected chi connectivity index (χ4v) is 3.54. The normalized spacial score (nSPS) is 18.5. The van der Waals surface area contributed by atoms with Gasteiger partial charge in [-0.2, -0.15) is 0 Å². The van der Waals surface area contributed by atoms with E-state index in [0.717, 1.165) is 32.5 Å². The summed E-state index contributed by atoms with van der Waals surface area (Å²) in [6.45, 7) is 5.10. The zero-order chi connectivity index (χ0) is 15.7. The zero-order valence-corrected chi connectivity index (χ0v) is 14.4. The molecule has 0 radical (unpaired) electrons. The van der Waals surface area contributed by atoms with Crippen molar-refractivity contribution in [3.8, 4) is 0 Å². The third-order valence-corrected chi connectivity index (χ3v) is 4.90. The molecular weight excluding hydrogens is 262 g/mol. The van der Waals surface area contributed by atoms with Crippen molar-refractivity contribution in [3.63, 3.8) is 0 Å². The van der Waals surface area contributed by atoms with E-state index in [4.69, 9.17) is 5.73 Å². The maximum atomic E-state index is 11.7. The number of carbonyl (C=O) groups excluding carboxylic acids is 1. The van der Waals surface area contributed by atoms with Crippen molar-refractivity contribution >= 4 is 5.91 Å². The predicted molar refractivity (Wildman–Crippen MR) is 89.3 cm³/mol. The molecule has 0 aromatic carbocycles. The Morgan fingerprint density at radius 1 is 1.10 bits per heavy atom. The number of amides is 1. The highest BCUT2D eigenvalue weighted by molar-refractivity contribution is 5.75. The van der Waals surface area contributed by atoms with Gasteiger partial charge in [0.05, 0.1) is 0 Å². The van der Waals surface area contributed by atoms with Crippen LogP contribution in [0.3, 0.4) is 0 Å². The van der Waals surface area contributed by atoms with Crippen LogP contribution in [0.2, 0.25) is 0 Å². The molecule has 4 heteroatoms. The van der Waals surface area contributed by atoms with Crippen molar-refractivity contribution in [2.75, 3.05) is 33.7 Å². The van der Waals surface area contributed by atoms with Crippen molar-refractivity contribution in [2.24, 2.45) is 5.73 Å². The van der Waals surface area contributed by atoms with E-state index in [1.807, 2.05) is 14.1 Å². The molecule has 1 fully saturated rings. The van der Waals surface area contributed by atoms with Crippen LogP contribution in [0.15, 0.2) is 0 Å². The summed E-state index contributed by atoms with van der Waals surface area (Å²) in [7, 11) is 3.66. The number of nitrogens with two attached hydrogens (primary N) is 1. The summed E-state index contributed by atoms with van der Waals surface area (Å²) in [5.74, 6) is 0.231. The largest absolute Gasteiger partial charge is 0.349 e. The molecule has 0 heterocycles. The quantitative estimate of drug-likeness (QED) is 0.701. The zero-order valence-electron chi connectivity index (χ0n) is 14.4. The van der Waals surface area contributed by atoms with Gasteiger partial charge in [-0.15, -0.1) is 0 Å². The molecule has 2 N–H and O–H groups in total. The highest BCUT2D eigenvalue weighted by Gasteiger charge is 2.35. The molecule has 0 aromatic rings. The van der Waals surface area contributed by atoms with Gasteiger partial charge in [-0.3, -0.25) is 9.69 Å². The van der Waals surface area contributed by atoms with Crippen molar-refractivity contribution in [3.05, 3.63) is 0 Å². The summed E-state index contributed by atoms with van der Waals surface area (Å²) >= 11 is 0. The first-order chi connectivity index (χ1) is 10.1. The summed E-state index contributed by atoms with van der Waals surface area (Å²) in [6, 6.07) is 0. The summed E-state index contributed by atoms with van der Waals surface area (Å²) in [5.41, 5.74) is 6.39. The van der Waals surface area contributed by atoms with Crippen LogP contribution in [0.5, 0.6) is 0 Å². The average Bonchev–Trinajstić information content (AvgIpc) is 2.72. The number of hydrogen-bond acceptors (Lipinski definition) is 3. The highest BCUT2D eigenvalue weighted by atomic mass is 16.2. The van der Waals surface area contributed by atoms with Crippen LogP contribution in [0.1, 0.15) is 64.7 Å². The lowest BCUT2D eigenvalue weighted by Crippen LogP contribution is -2.54. The molecule has 124 valence electrons. The number of rotatable bonds is 8. The summed E-state index contributed by atoms with van der Waals surface area (Å²) in [5, 5.41) is 0. The average molecular weight is 297 g/mol. The summed E-state index contributed by atoms with van der Waals surface area (Å²) < 4.78 is 0. The van der Waals surface area contributed by atoms with Crippen molar-refractivity contribution in [1.29, 1.82) is 0 Å². The predicted octanol–water partition coefficient (Wildman–Crippen LogP) is 2.62. The Hall–Kier alpha value is -0.610. The molecule has 0 unspecified atom stereocenters. The van der Waals surface area contributed by atoms with Gasteiger partial charge in [0.2, 0.25) is 5.91 Å². The number of nitrogens with zero attached hydrogens (tertiary/aromatic N) is 2. The second-order valence-corrected chi connectivity index (χ2v) is 6.72. The Balaban J connectivity index is 2.62. The molecule has 21 heavy (non-hydrogen) atoms. The van der Waals surface area contributed by atoms with Gasteiger partial charge in [-0.05, 0) is 38.8 Å². The van der Waals surface area contributed by atoms with Gasteiger partial charge in [0.1, 0.15) is 0 Å². The third kappa shape index (κ3) is 5.59. The lowest BCUT2D eigenvalue weighted by atomic mass is 9.87. The van der Waals surface area contributed by atoms with Gasteiger partial charge in [-0.25, -0.2) is 0 Å². The Labute approximate surface area is 131 Å². The molecule has 0 atom stereocenters. The first kappa shape index (κ1) is 18.4. The molecule has 0 saturated heterocycles. The summed E-state index contributed by atoms with van der Waals surface area (Å²) in [6.07, 6.45) is 10.5. The van der Waals surface area contributed by atoms with Crippen LogP contribution >= 0.6 is 0 Å². The van der Waals surface area contributed by atoms with E-state index in [1.54, 1.807) is 4.90 Å². The second kappa shape index (κ2) is 9.42. The Morgan fingerprint density at radius 2 is 1.71 bits per heavy atom. The first-order valence-electron chi connectivity index (χ1n) is 8.71. The minimum atomic E-state index is 0.188. The van der Waals surface area contributed by atoms with Crippen LogP contribution in [0.4, 0.5) is 0 Å². The fraction of sp³-hybridized carbons (Fsp3) is 0.941. The Morgan fingerprint density at radius 3 is 2.19 bits per heavy atom. The molecule has 0 aromatic heterocycles. The van der Waals surface area contributed by atoms with E-state index < -0.39 is 0 Å². The van der Waals surface area contributed by atoms with Gasteiger partial charge < -0.3 is 10.6 Å². The van der Waals surface area contributed by atoms with Gasteiger partial charge in [0.25, 0.3) is 0 Å². The second-order valence-electron chi connectivity index (χ2n) is 6.72. The van der Waals surface area contributed by atoms with Gasteiger partial charge >= 0.3 is 0 Å². The Bertz CT molecular complexity index is 296. The van der Waals surface area contributed by atoms with E-state index in [2.05, 4.69) is 11.8 Å². The third-order valence-electron chi connectivity index (χ3n) is 4.90. The van der Waals surface area contributed by atoms with Gasteiger partial charge in [-0.1, -0.05) is 32.6 Å². The monoisotopic (exact) mass is 297 g/mol. The maximum Gasteiger partial charge on any atom is 0.222 e. The van der Waals surface area contributed by atoms with Gasteiger partial charge in [0, 0.05) is 32.6 Å². The van der Waals surface area contributed by atoms with Crippen LogP contribution in [0, 0.1) is 0 Å². The van der Waals surface area contributed by atoms with Crippen LogP contribution in [0.25, 0.3) is 0 Å². The Kier molecular flexibility index (Phi) is 8.27. The molecule has 0 spiro atoms.